The van der Waals surface area contributed by atoms with Crippen molar-refractivity contribution in [1.29, 1.82) is 0 Å². The predicted octanol–water partition coefficient (Wildman–Crippen LogP) is 5.49. The first-order valence-corrected chi connectivity index (χ1v) is 8.72. The Morgan fingerprint density at radius 1 is 1.33 bits per heavy atom. The van der Waals surface area contributed by atoms with Gasteiger partial charge in [0.05, 0.1) is 5.92 Å². The van der Waals surface area contributed by atoms with Crippen LogP contribution in [-0.2, 0) is 0 Å². The van der Waals surface area contributed by atoms with Crippen LogP contribution in [0, 0.1) is 6.57 Å². The molecule has 0 aliphatic carbocycles. The van der Waals surface area contributed by atoms with Gasteiger partial charge in [-0.1, -0.05) is 57.0 Å². The highest BCUT2D eigenvalue weighted by Gasteiger charge is 2.42. The van der Waals surface area contributed by atoms with Crippen LogP contribution in [0.5, 0.6) is 0 Å². The molecule has 3 rings (SSSR count). The van der Waals surface area contributed by atoms with Gasteiger partial charge in [0.1, 0.15) is 5.71 Å². The van der Waals surface area contributed by atoms with Gasteiger partial charge >= 0.3 is 0 Å². The average molecular weight is 341 g/mol. The van der Waals surface area contributed by atoms with Crippen LogP contribution in [0.25, 0.3) is 4.85 Å². The molecule has 24 heavy (non-hydrogen) atoms. The van der Waals surface area contributed by atoms with Gasteiger partial charge in [0.15, 0.2) is 5.82 Å². The third-order valence-electron chi connectivity index (χ3n) is 4.49. The van der Waals surface area contributed by atoms with Gasteiger partial charge in [-0.3, -0.25) is 5.10 Å². The van der Waals surface area contributed by atoms with Crippen LogP contribution >= 0.6 is 11.6 Å². The maximum Gasteiger partial charge on any atom is 0.272 e. The van der Waals surface area contributed by atoms with E-state index >= 15 is 0 Å². The molecule has 1 aromatic heterocycles. The number of nitrogens with one attached hydrogen (secondary N) is 1. The van der Waals surface area contributed by atoms with Crippen molar-refractivity contribution in [2.75, 3.05) is 0 Å². The van der Waals surface area contributed by atoms with Crippen molar-refractivity contribution in [2.45, 2.75) is 51.5 Å². The summed E-state index contributed by atoms with van der Waals surface area (Å²) in [5.74, 6) is 0.869. The first-order valence-electron chi connectivity index (χ1n) is 8.35. The maximum absolute atomic E-state index is 7.80. The van der Waals surface area contributed by atoms with E-state index in [1.165, 1.54) is 0 Å². The highest BCUT2D eigenvalue weighted by atomic mass is 35.5. The summed E-state index contributed by atoms with van der Waals surface area (Å²) in [6.45, 7) is 14.1. The van der Waals surface area contributed by atoms with Gasteiger partial charge in [0.25, 0.3) is 6.04 Å². The predicted molar refractivity (Wildman–Crippen MR) is 98.4 cm³/mol. The number of nitrogens with zero attached hydrogens (tertiary/aromatic N) is 3. The van der Waals surface area contributed by atoms with Crippen molar-refractivity contribution in [1.82, 2.24) is 10.2 Å². The number of fused-ring (bicyclic) bond motifs is 1. The first kappa shape index (κ1) is 16.7. The lowest BCUT2D eigenvalue weighted by Gasteiger charge is -2.26. The zero-order chi connectivity index (χ0) is 17.3. The van der Waals surface area contributed by atoms with E-state index in [9.17, 15) is 0 Å². The highest BCUT2D eigenvalue weighted by Crippen LogP contribution is 2.45. The maximum atomic E-state index is 7.80. The lowest BCUT2D eigenvalue weighted by molar-refractivity contribution is 0.733. The highest BCUT2D eigenvalue weighted by molar-refractivity contribution is 6.31. The molecule has 0 amide bonds. The summed E-state index contributed by atoms with van der Waals surface area (Å²) in [6.07, 6.45) is 1.76. The van der Waals surface area contributed by atoms with Crippen LogP contribution < -0.4 is 0 Å². The number of benzene rings is 1. The Kier molecular flexibility index (Phi) is 4.73. The van der Waals surface area contributed by atoms with Gasteiger partial charge in [-0.2, -0.15) is 5.10 Å². The molecule has 0 bridgehead atoms. The van der Waals surface area contributed by atoms with Crippen LogP contribution in [-0.4, -0.2) is 22.0 Å². The standard InChI is InChI=1S/C19H21ClN4/c1-5-8-14-18(21-4)15(12-9-6-7-10-13(12)20)16-17(11(2)3)23-24-19(16)22-14/h6-7,9-11,15,18H,5,8H2,1-3H3,(H,23,24). The molecule has 0 saturated heterocycles. The number of aromatic nitrogens is 2. The minimum absolute atomic E-state index is 0.124. The lowest BCUT2D eigenvalue weighted by Crippen LogP contribution is -2.29. The number of aromatic amines is 1. The molecule has 0 radical (unpaired) electrons. The molecular weight excluding hydrogens is 320 g/mol. The normalized spacial score (nSPS) is 19.8. The minimum Gasteiger partial charge on any atom is -0.306 e. The first-order chi connectivity index (χ1) is 11.6. The fraction of sp³-hybridized carbons (Fsp3) is 0.421. The van der Waals surface area contributed by atoms with E-state index in [1.54, 1.807) is 0 Å². The van der Waals surface area contributed by atoms with E-state index < -0.39 is 0 Å². The van der Waals surface area contributed by atoms with Gasteiger partial charge in [-0.05, 0) is 24.0 Å². The molecule has 1 aromatic carbocycles. The van der Waals surface area contributed by atoms with Crippen LogP contribution in [0.3, 0.4) is 0 Å². The van der Waals surface area contributed by atoms with Crippen molar-refractivity contribution in [3.63, 3.8) is 0 Å². The monoisotopic (exact) mass is 340 g/mol. The molecule has 1 aliphatic heterocycles. The number of hydrogen-bond acceptors (Lipinski definition) is 2. The Labute approximate surface area is 147 Å². The number of rotatable bonds is 4. The average Bonchev–Trinajstić information content (AvgIpc) is 2.98. The zero-order valence-corrected chi connectivity index (χ0v) is 14.9. The van der Waals surface area contributed by atoms with Crippen molar-refractivity contribution in [3.05, 3.63) is 57.5 Å². The third-order valence-corrected chi connectivity index (χ3v) is 4.84. The Morgan fingerprint density at radius 3 is 2.71 bits per heavy atom. The Bertz CT molecular complexity index is 813. The lowest BCUT2D eigenvalue weighted by atomic mass is 9.79. The van der Waals surface area contributed by atoms with E-state index in [0.717, 1.165) is 35.4 Å². The molecule has 0 spiro atoms. The molecule has 1 N–H and O–H groups in total. The largest absolute Gasteiger partial charge is 0.306 e. The van der Waals surface area contributed by atoms with Crippen LogP contribution in [0.1, 0.15) is 62.3 Å². The molecule has 2 aromatic rings. The number of H-pyrrole nitrogens is 1. The second kappa shape index (κ2) is 6.78. The molecule has 0 saturated carbocycles. The van der Waals surface area contributed by atoms with Gasteiger partial charge in [-0.25, -0.2) is 11.6 Å². The number of aliphatic imine (C=N–C) groups is 1. The molecule has 124 valence electrons. The van der Waals surface area contributed by atoms with E-state index in [2.05, 4.69) is 35.8 Å². The summed E-state index contributed by atoms with van der Waals surface area (Å²) >= 11 is 6.50. The van der Waals surface area contributed by atoms with Crippen molar-refractivity contribution in [2.24, 2.45) is 4.99 Å². The van der Waals surface area contributed by atoms with Gasteiger partial charge < -0.3 is 4.85 Å². The molecule has 5 heteroatoms. The van der Waals surface area contributed by atoms with Gasteiger partial charge in [0.2, 0.25) is 0 Å². The van der Waals surface area contributed by atoms with Gasteiger partial charge in [0, 0.05) is 16.3 Å². The summed E-state index contributed by atoms with van der Waals surface area (Å²) in [5.41, 5.74) is 3.96. The molecule has 2 atom stereocenters. The van der Waals surface area contributed by atoms with Crippen LogP contribution in [0.15, 0.2) is 29.3 Å². The molecule has 2 unspecified atom stereocenters. The summed E-state index contributed by atoms with van der Waals surface area (Å²) < 4.78 is 0. The quantitative estimate of drug-likeness (QED) is 0.734. The molecule has 4 nitrogen and oxygen atoms in total. The Morgan fingerprint density at radius 2 is 2.08 bits per heavy atom. The smallest absolute Gasteiger partial charge is 0.272 e. The summed E-state index contributed by atoms with van der Waals surface area (Å²) in [7, 11) is 0. The van der Waals surface area contributed by atoms with E-state index in [-0.39, 0.29) is 17.9 Å². The number of halogens is 1. The SMILES string of the molecule is [C-]#[N+]C1C(CCC)=Nc2n[nH]c(C(C)C)c2C1c1ccccc1Cl. The van der Waals surface area contributed by atoms with Crippen molar-refractivity contribution < 1.29 is 0 Å². The van der Waals surface area contributed by atoms with E-state index in [4.69, 9.17) is 23.2 Å². The van der Waals surface area contributed by atoms with E-state index in [1.807, 2.05) is 24.3 Å². The van der Waals surface area contributed by atoms with Crippen molar-refractivity contribution >= 4 is 23.1 Å². The summed E-state index contributed by atoms with van der Waals surface area (Å²) in [5, 5.41) is 8.26. The number of hydrogen-bond donors (Lipinski definition) is 1. The molecule has 0 fully saturated rings. The molecule has 1 aliphatic rings. The van der Waals surface area contributed by atoms with Crippen molar-refractivity contribution in [3.8, 4) is 0 Å². The topological polar surface area (TPSA) is 45.4 Å². The summed E-state index contributed by atoms with van der Waals surface area (Å²) in [6, 6.07) is 7.47. The third kappa shape index (κ3) is 2.74. The Hall–Kier alpha value is -2.12. The van der Waals surface area contributed by atoms with Crippen LogP contribution in [0.2, 0.25) is 5.02 Å². The molecular formula is C19H21ClN4. The fourth-order valence-electron chi connectivity index (χ4n) is 3.40. The molecule has 2 heterocycles. The van der Waals surface area contributed by atoms with E-state index in [0.29, 0.717) is 10.8 Å². The second-order valence-corrected chi connectivity index (χ2v) is 6.86. The summed E-state index contributed by atoms with van der Waals surface area (Å²) in [4.78, 5) is 8.66. The van der Waals surface area contributed by atoms with Crippen LogP contribution in [0.4, 0.5) is 5.82 Å². The Balaban J connectivity index is 2.26. The van der Waals surface area contributed by atoms with Gasteiger partial charge in [-0.15, -0.1) is 0 Å². The zero-order valence-electron chi connectivity index (χ0n) is 14.2. The fourth-order valence-corrected chi connectivity index (χ4v) is 3.65. The minimum atomic E-state index is -0.326. The second-order valence-electron chi connectivity index (χ2n) is 6.46.